The molecule has 0 saturated heterocycles. The monoisotopic (exact) mass is 208 g/mol. The molecule has 0 radical (unpaired) electrons. The van der Waals surface area contributed by atoms with E-state index in [4.69, 9.17) is 4.74 Å². The number of ether oxygens (including phenoxy) is 1. The molecule has 2 nitrogen and oxygen atoms in total. The van der Waals surface area contributed by atoms with Gasteiger partial charge < -0.3 is 9.84 Å². The minimum atomic E-state index is -0.661. The molecular weight excluding hydrogens is 188 g/mol. The zero-order chi connectivity index (χ0) is 11.6. The first kappa shape index (κ1) is 12.1. The third-order valence-electron chi connectivity index (χ3n) is 2.48. The van der Waals surface area contributed by atoms with Crippen LogP contribution >= 0.6 is 0 Å². The SMILES string of the molecule is COc1cc(C)c(CC(C)(C)O)cc1C. The van der Waals surface area contributed by atoms with E-state index in [2.05, 4.69) is 6.07 Å². The highest BCUT2D eigenvalue weighted by Crippen LogP contribution is 2.25. The first-order valence-electron chi connectivity index (χ1n) is 5.20. The highest BCUT2D eigenvalue weighted by Gasteiger charge is 2.15. The van der Waals surface area contributed by atoms with Gasteiger partial charge in [-0.1, -0.05) is 6.07 Å². The largest absolute Gasteiger partial charge is 0.496 e. The van der Waals surface area contributed by atoms with Crippen molar-refractivity contribution < 1.29 is 9.84 Å². The molecule has 0 heterocycles. The maximum atomic E-state index is 9.78. The van der Waals surface area contributed by atoms with Crippen molar-refractivity contribution in [3.8, 4) is 5.75 Å². The number of hydrogen-bond acceptors (Lipinski definition) is 2. The van der Waals surface area contributed by atoms with Crippen molar-refractivity contribution in [1.29, 1.82) is 0 Å². The van der Waals surface area contributed by atoms with E-state index in [0.717, 1.165) is 11.3 Å². The van der Waals surface area contributed by atoms with Crippen molar-refractivity contribution in [2.45, 2.75) is 39.7 Å². The average molecular weight is 208 g/mol. The summed E-state index contributed by atoms with van der Waals surface area (Å²) in [7, 11) is 1.68. The van der Waals surface area contributed by atoms with Crippen molar-refractivity contribution in [3.05, 3.63) is 28.8 Å². The lowest BCUT2D eigenvalue weighted by molar-refractivity contribution is 0.0808. The quantitative estimate of drug-likeness (QED) is 0.827. The Labute approximate surface area is 91.9 Å². The molecule has 0 aliphatic carbocycles. The minimum absolute atomic E-state index is 0.661. The van der Waals surface area contributed by atoms with E-state index in [9.17, 15) is 5.11 Å². The molecule has 1 rings (SSSR count). The fraction of sp³-hybridized carbons (Fsp3) is 0.538. The summed E-state index contributed by atoms with van der Waals surface area (Å²) in [5, 5.41) is 9.78. The summed E-state index contributed by atoms with van der Waals surface area (Å²) in [6, 6.07) is 4.11. The highest BCUT2D eigenvalue weighted by molar-refractivity contribution is 5.41. The minimum Gasteiger partial charge on any atom is -0.496 e. The van der Waals surface area contributed by atoms with Gasteiger partial charge in [0, 0.05) is 6.42 Å². The van der Waals surface area contributed by atoms with E-state index in [0.29, 0.717) is 6.42 Å². The molecule has 0 spiro atoms. The summed E-state index contributed by atoms with van der Waals surface area (Å²) in [6.07, 6.45) is 0.670. The molecule has 0 aromatic heterocycles. The van der Waals surface area contributed by atoms with Gasteiger partial charge in [-0.05, 0) is 50.5 Å². The molecule has 0 saturated carbocycles. The molecule has 1 N–H and O–H groups in total. The van der Waals surface area contributed by atoms with Crippen LogP contribution in [0.1, 0.15) is 30.5 Å². The normalized spacial score (nSPS) is 11.6. The number of methoxy groups -OCH3 is 1. The average Bonchev–Trinajstić information content (AvgIpc) is 2.08. The molecule has 0 bridgehead atoms. The molecule has 0 atom stereocenters. The predicted octanol–water partition coefficient (Wildman–Crippen LogP) is 2.63. The van der Waals surface area contributed by atoms with Crippen LogP contribution in [0.25, 0.3) is 0 Å². The van der Waals surface area contributed by atoms with Gasteiger partial charge in [0.05, 0.1) is 12.7 Å². The Kier molecular flexibility index (Phi) is 3.40. The van der Waals surface area contributed by atoms with E-state index in [1.807, 2.05) is 33.8 Å². The second kappa shape index (κ2) is 4.23. The lowest BCUT2D eigenvalue weighted by Crippen LogP contribution is -2.22. The summed E-state index contributed by atoms with van der Waals surface area (Å²) >= 11 is 0. The molecule has 1 aromatic rings. The summed E-state index contributed by atoms with van der Waals surface area (Å²) in [5.74, 6) is 0.909. The van der Waals surface area contributed by atoms with Gasteiger partial charge in [-0.25, -0.2) is 0 Å². The van der Waals surface area contributed by atoms with Gasteiger partial charge in [-0.3, -0.25) is 0 Å². The molecule has 1 aromatic carbocycles. The molecule has 0 amide bonds. The maximum Gasteiger partial charge on any atom is 0.122 e. The molecule has 0 aliphatic rings. The third-order valence-corrected chi connectivity index (χ3v) is 2.48. The van der Waals surface area contributed by atoms with Gasteiger partial charge >= 0.3 is 0 Å². The number of aryl methyl sites for hydroxylation is 2. The second-order valence-corrected chi connectivity index (χ2v) is 4.74. The van der Waals surface area contributed by atoms with E-state index < -0.39 is 5.60 Å². The molecule has 0 unspecified atom stereocenters. The Hall–Kier alpha value is -1.02. The molecule has 0 fully saturated rings. The fourth-order valence-electron chi connectivity index (χ4n) is 1.73. The van der Waals surface area contributed by atoms with Gasteiger partial charge in [0.15, 0.2) is 0 Å². The second-order valence-electron chi connectivity index (χ2n) is 4.74. The number of hydrogen-bond donors (Lipinski definition) is 1. The molecular formula is C13H20O2. The van der Waals surface area contributed by atoms with Crippen LogP contribution in [0, 0.1) is 13.8 Å². The summed E-state index contributed by atoms with van der Waals surface area (Å²) in [5.41, 5.74) is 2.80. The Balaban J connectivity index is 3.05. The smallest absolute Gasteiger partial charge is 0.122 e. The van der Waals surface area contributed by atoms with E-state index in [1.165, 1.54) is 11.1 Å². The maximum absolute atomic E-state index is 9.78. The van der Waals surface area contributed by atoms with Crippen molar-refractivity contribution in [1.82, 2.24) is 0 Å². The highest BCUT2D eigenvalue weighted by atomic mass is 16.5. The van der Waals surface area contributed by atoms with Crippen molar-refractivity contribution >= 4 is 0 Å². The third kappa shape index (κ3) is 3.24. The van der Waals surface area contributed by atoms with Gasteiger partial charge in [0.2, 0.25) is 0 Å². The van der Waals surface area contributed by atoms with Crippen LogP contribution in [0.4, 0.5) is 0 Å². The molecule has 84 valence electrons. The van der Waals surface area contributed by atoms with Gasteiger partial charge in [-0.15, -0.1) is 0 Å². The first-order chi connectivity index (χ1) is 6.83. The van der Waals surface area contributed by atoms with Crippen LogP contribution in [0.3, 0.4) is 0 Å². The van der Waals surface area contributed by atoms with Crippen molar-refractivity contribution in [3.63, 3.8) is 0 Å². The summed E-state index contributed by atoms with van der Waals surface area (Å²) in [4.78, 5) is 0. The van der Waals surface area contributed by atoms with E-state index >= 15 is 0 Å². The van der Waals surface area contributed by atoms with E-state index in [-0.39, 0.29) is 0 Å². The van der Waals surface area contributed by atoms with Crippen molar-refractivity contribution in [2.75, 3.05) is 7.11 Å². The van der Waals surface area contributed by atoms with E-state index in [1.54, 1.807) is 7.11 Å². The Bertz CT molecular complexity index is 348. The summed E-state index contributed by atoms with van der Waals surface area (Å²) < 4.78 is 5.25. The van der Waals surface area contributed by atoms with Gasteiger partial charge in [0.25, 0.3) is 0 Å². The van der Waals surface area contributed by atoms with Crippen LogP contribution in [-0.4, -0.2) is 17.8 Å². The fourth-order valence-corrected chi connectivity index (χ4v) is 1.73. The number of benzene rings is 1. The number of aliphatic hydroxyl groups is 1. The van der Waals surface area contributed by atoms with Crippen LogP contribution in [0.15, 0.2) is 12.1 Å². The molecule has 15 heavy (non-hydrogen) atoms. The van der Waals surface area contributed by atoms with Crippen LogP contribution in [-0.2, 0) is 6.42 Å². The first-order valence-corrected chi connectivity index (χ1v) is 5.20. The zero-order valence-electron chi connectivity index (χ0n) is 10.2. The van der Waals surface area contributed by atoms with Crippen LogP contribution < -0.4 is 4.74 Å². The van der Waals surface area contributed by atoms with Crippen LogP contribution in [0.5, 0.6) is 5.75 Å². The standard InChI is InChI=1S/C13H20O2/c1-9-7-12(15-5)10(2)6-11(9)8-13(3,4)14/h6-7,14H,8H2,1-5H3. The lowest BCUT2D eigenvalue weighted by atomic mass is 9.94. The Morgan fingerprint density at radius 1 is 1.20 bits per heavy atom. The Morgan fingerprint density at radius 3 is 2.27 bits per heavy atom. The Morgan fingerprint density at radius 2 is 1.80 bits per heavy atom. The van der Waals surface area contributed by atoms with Crippen LogP contribution in [0.2, 0.25) is 0 Å². The predicted molar refractivity (Wildman–Crippen MR) is 62.5 cm³/mol. The molecule has 0 aliphatic heterocycles. The zero-order valence-corrected chi connectivity index (χ0v) is 10.2. The topological polar surface area (TPSA) is 29.5 Å². The number of rotatable bonds is 3. The molecule has 2 heteroatoms. The van der Waals surface area contributed by atoms with Gasteiger partial charge in [-0.2, -0.15) is 0 Å². The lowest BCUT2D eigenvalue weighted by Gasteiger charge is -2.19. The summed E-state index contributed by atoms with van der Waals surface area (Å²) in [6.45, 7) is 7.72. The van der Waals surface area contributed by atoms with Crippen molar-refractivity contribution in [2.24, 2.45) is 0 Å². The van der Waals surface area contributed by atoms with Gasteiger partial charge in [0.1, 0.15) is 5.75 Å².